The van der Waals surface area contributed by atoms with E-state index in [9.17, 15) is 21.6 Å². The van der Waals surface area contributed by atoms with Gasteiger partial charge in [-0.05, 0) is 60.9 Å². The average Bonchev–Trinajstić information content (AvgIpc) is 3.42. The predicted molar refractivity (Wildman–Crippen MR) is 152 cm³/mol. The Morgan fingerprint density at radius 3 is 2.10 bits per heavy atom. The molecule has 0 aliphatic heterocycles. The summed E-state index contributed by atoms with van der Waals surface area (Å²) in [6.07, 6.45) is 0.715. The molecule has 1 atom stereocenters. The van der Waals surface area contributed by atoms with Crippen molar-refractivity contribution in [3.8, 4) is 34.0 Å². The molecular weight excluding hydrogens is 557 g/mol. The van der Waals surface area contributed by atoms with Crippen molar-refractivity contribution >= 4 is 27.2 Å². The van der Waals surface area contributed by atoms with Gasteiger partial charge in [-0.3, -0.25) is 9.12 Å². The number of anilines is 1. The van der Waals surface area contributed by atoms with Crippen LogP contribution in [0.15, 0.2) is 54.6 Å². The Hall–Kier alpha value is -4.23. The van der Waals surface area contributed by atoms with E-state index in [1.165, 1.54) is 18.2 Å². The number of aromatic amines is 1. The Balaban J connectivity index is 0.000000714. The summed E-state index contributed by atoms with van der Waals surface area (Å²) in [6, 6.07) is 12.8. The molecule has 5 aromatic rings. The number of nitrogens with two attached hydrogens (primary N) is 1. The van der Waals surface area contributed by atoms with Crippen LogP contribution in [0.2, 0.25) is 0 Å². The molecule has 9 nitrogen and oxygen atoms in total. The summed E-state index contributed by atoms with van der Waals surface area (Å²) in [5.74, 6) is -1.58. The Labute approximate surface area is 235 Å². The zero-order valence-electron chi connectivity index (χ0n) is 22.9. The van der Waals surface area contributed by atoms with E-state index in [1.54, 1.807) is 24.3 Å². The number of fused-ring (bicyclic) bond motifs is 1. The van der Waals surface area contributed by atoms with Gasteiger partial charge in [0.1, 0.15) is 28.8 Å². The van der Waals surface area contributed by atoms with Crippen molar-refractivity contribution in [2.75, 3.05) is 12.0 Å². The molecule has 216 valence electrons. The van der Waals surface area contributed by atoms with Crippen LogP contribution in [0.25, 0.3) is 45.2 Å². The molecule has 0 bridgehead atoms. The number of pyridine rings is 1. The van der Waals surface area contributed by atoms with E-state index in [2.05, 4.69) is 35.7 Å². The lowest BCUT2D eigenvalue weighted by molar-refractivity contribution is 0.269. The highest BCUT2D eigenvalue weighted by molar-refractivity contribution is 7.85. The average molecular weight is 587 g/mol. The first kappa shape index (κ1) is 29.7. The maximum absolute atomic E-state index is 14.6. The monoisotopic (exact) mass is 586 g/mol. The van der Waals surface area contributed by atoms with Gasteiger partial charge >= 0.3 is 0 Å². The lowest BCUT2D eigenvalue weighted by Crippen LogP contribution is -2.23. The molecule has 4 N–H and O–H groups in total. The van der Waals surface area contributed by atoms with Gasteiger partial charge < -0.3 is 10.7 Å². The highest BCUT2D eigenvalue weighted by atomic mass is 32.2. The first-order valence-corrected chi connectivity index (χ1v) is 14.3. The van der Waals surface area contributed by atoms with Crippen LogP contribution in [-0.2, 0) is 10.1 Å². The molecule has 41 heavy (non-hydrogen) atoms. The summed E-state index contributed by atoms with van der Waals surface area (Å²) in [5.41, 5.74) is 8.88. The summed E-state index contributed by atoms with van der Waals surface area (Å²) in [5, 5.41) is 0. The fourth-order valence-corrected chi connectivity index (χ4v) is 4.12. The molecule has 5 rings (SSSR count). The summed E-state index contributed by atoms with van der Waals surface area (Å²) in [4.78, 5) is 16.9. The number of benzene rings is 2. The smallest absolute Gasteiger partial charge is 0.261 e. The van der Waals surface area contributed by atoms with Crippen molar-refractivity contribution in [2.24, 2.45) is 5.41 Å². The van der Waals surface area contributed by atoms with Gasteiger partial charge in [-0.1, -0.05) is 26.8 Å². The minimum Gasteiger partial charge on any atom is -0.369 e. The Kier molecular flexibility index (Phi) is 7.96. The van der Waals surface area contributed by atoms with Crippen LogP contribution < -0.4 is 5.73 Å². The maximum atomic E-state index is 14.6. The predicted octanol–water partition coefficient (Wildman–Crippen LogP) is 6.27. The number of halogens is 3. The molecule has 0 aliphatic carbocycles. The highest BCUT2D eigenvalue weighted by Gasteiger charge is 2.27. The Morgan fingerprint density at radius 1 is 0.951 bits per heavy atom. The van der Waals surface area contributed by atoms with Crippen molar-refractivity contribution in [1.29, 1.82) is 0 Å². The van der Waals surface area contributed by atoms with Crippen molar-refractivity contribution in [3.63, 3.8) is 0 Å². The lowest BCUT2D eigenvalue weighted by Gasteiger charge is -2.29. The molecule has 0 amide bonds. The van der Waals surface area contributed by atoms with Gasteiger partial charge in [0.15, 0.2) is 5.65 Å². The first-order chi connectivity index (χ1) is 19.0. The number of nitrogen functional groups attached to an aromatic ring is 1. The number of hydrogen-bond donors (Lipinski definition) is 3. The SMILES string of the molecule is CC(n1c(N)nc2ccc(-c3[nH]c(-c4c(F)cccc4F)nc3-c3ccc(F)cc3)nc21)C(C)(C)C.CS(=O)(=O)O. The van der Waals surface area contributed by atoms with Gasteiger partial charge in [0.2, 0.25) is 5.95 Å². The zero-order valence-corrected chi connectivity index (χ0v) is 23.8. The maximum Gasteiger partial charge on any atom is 0.261 e. The van der Waals surface area contributed by atoms with E-state index in [4.69, 9.17) is 15.3 Å². The van der Waals surface area contributed by atoms with E-state index >= 15 is 0 Å². The molecule has 0 saturated carbocycles. The number of hydrogen-bond acceptors (Lipinski definition) is 6. The van der Waals surface area contributed by atoms with E-state index in [1.807, 2.05) is 11.5 Å². The standard InChI is InChI=1S/C27H25F3N6.CH4O3S/c1-14(27(2,3)4)36-25-20(33-26(36)31)13-12-19(32-25)23-22(15-8-10-16(28)11-9-15)34-24(35-23)21-17(29)6-5-7-18(21)30;1-5(2,3)4/h5-14H,1-4H3,(H2,31,33)(H,34,35);1H3,(H,2,3,4). The topological polar surface area (TPSA) is 140 Å². The van der Waals surface area contributed by atoms with Gasteiger partial charge in [-0.2, -0.15) is 8.42 Å². The molecule has 2 aromatic carbocycles. The van der Waals surface area contributed by atoms with Crippen LogP contribution in [0.4, 0.5) is 19.1 Å². The second-order valence-electron chi connectivity index (χ2n) is 10.6. The van der Waals surface area contributed by atoms with Gasteiger partial charge in [-0.25, -0.2) is 28.1 Å². The third-order valence-corrected chi connectivity index (χ3v) is 6.48. The lowest BCUT2D eigenvalue weighted by atomic mass is 9.88. The van der Waals surface area contributed by atoms with Crippen molar-refractivity contribution in [2.45, 2.75) is 33.7 Å². The number of rotatable bonds is 4. The summed E-state index contributed by atoms with van der Waals surface area (Å²) >= 11 is 0. The molecule has 3 aromatic heterocycles. The number of nitrogens with one attached hydrogen (secondary N) is 1. The van der Waals surface area contributed by atoms with Crippen LogP contribution in [0.3, 0.4) is 0 Å². The quantitative estimate of drug-likeness (QED) is 0.211. The van der Waals surface area contributed by atoms with Crippen molar-refractivity contribution in [3.05, 3.63) is 72.0 Å². The van der Waals surface area contributed by atoms with Crippen LogP contribution >= 0.6 is 0 Å². The molecule has 0 fully saturated rings. The van der Waals surface area contributed by atoms with Crippen molar-refractivity contribution in [1.82, 2.24) is 24.5 Å². The van der Waals surface area contributed by atoms with E-state index in [0.717, 1.165) is 12.1 Å². The molecule has 0 aliphatic rings. The van der Waals surface area contributed by atoms with Crippen LogP contribution in [0, 0.1) is 22.9 Å². The summed E-state index contributed by atoms with van der Waals surface area (Å²) in [7, 11) is -3.67. The number of H-pyrrole nitrogens is 1. The van der Waals surface area contributed by atoms with Gasteiger partial charge in [0.25, 0.3) is 10.1 Å². The van der Waals surface area contributed by atoms with E-state index in [0.29, 0.717) is 46.0 Å². The van der Waals surface area contributed by atoms with Gasteiger partial charge in [-0.15, -0.1) is 0 Å². The second kappa shape index (κ2) is 11.0. The summed E-state index contributed by atoms with van der Waals surface area (Å²) in [6.45, 7) is 8.35. The van der Waals surface area contributed by atoms with Crippen LogP contribution in [-0.4, -0.2) is 43.7 Å². The van der Waals surface area contributed by atoms with E-state index < -0.39 is 27.6 Å². The Bertz CT molecular complexity index is 1800. The van der Waals surface area contributed by atoms with Gasteiger partial charge in [0.05, 0.1) is 28.9 Å². The molecule has 13 heteroatoms. The van der Waals surface area contributed by atoms with Crippen molar-refractivity contribution < 1.29 is 26.1 Å². The molecule has 0 spiro atoms. The normalized spacial score (nSPS) is 12.7. The third kappa shape index (κ3) is 6.57. The molecule has 0 radical (unpaired) electrons. The molecular formula is C28H29F3N6O3S. The Morgan fingerprint density at radius 2 is 1.54 bits per heavy atom. The molecule has 0 saturated heterocycles. The largest absolute Gasteiger partial charge is 0.369 e. The first-order valence-electron chi connectivity index (χ1n) is 12.4. The fraction of sp³-hybridized carbons (Fsp3) is 0.250. The minimum absolute atomic E-state index is 0.00194. The molecule has 1 unspecified atom stereocenters. The number of aromatic nitrogens is 5. The number of imidazole rings is 2. The second-order valence-corrected chi connectivity index (χ2v) is 12.0. The minimum atomic E-state index is -3.67. The fourth-order valence-electron chi connectivity index (χ4n) is 4.12. The van der Waals surface area contributed by atoms with Crippen LogP contribution in [0.5, 0.6) is 0 Å². The van der Waals surface area contributed by atoms with Crippen LogP contribution in [0.1, 0.15) is 33.7 Å². The zero-order chi connectivity index (χ0) is 30.3. The number of nitrogens with zero attached hydrogens (tertiary/aromatic N) is 4. The molecule has 3 heterocycles. The third-order valence-electron chi connectivity index (χ3n) is 6.48. The highest BCUT2D eigenvalue weighted by Crippen LogP contribution is 2.37. The van der Waals surface area contributed by atoms with E-state index in [-0.39, 0.29) is 22.8 Å². The summed E-state index contributed by atoms with van der Waals surface area (Å²) < 4.78 is 70.6. The van der Waals surface area contributed by atoms with Gasteiger partial charge in [0, 0.05) is 11.6 Å².